The van der Waals surface area contributed by atoms with Gasteiger partial charge in [-0.05, 0) is 12.1 Å². The van der Waals surface area contributed by atoms with Crippen LogP contribution in [-0.2, 0) is 4.79 Å². The van der Waals surface area contributed by atoms with Crippen molar-refractivity contribution >= 4 is 16.8 Å². The molecule has 0 saturated heterocycles. The Morgan fingerprint density at radius 3 is 2.43 bits per heavy atom. The van der Waals surface area contributed by atoms with Gasteiger partial charge in [0.15, 0.2) is 5.78 Å². The third-order valence-corrected chi connectivity index (χ3v) is 2.62. The van der Waals surface area contributed by atoms with Crippen molar-refractivity contribution in [1.29, 1.82) is 0 Å². The molecular formula is C12H17N3O6. The Labute approximate surface area is 119 Å². The highest BCUT2D eigenvalue weighted by Crippen LogP contribution is 2.03. The van der Waals surface area contributed by atoms with E-state index in [1.165, 1.54) is 0 Å². The molecule has 0 fully saturated rings. The van der Waals surface area contributed by atoms with Crippen molar-refractivity contribution in [3.63, 3.8) is 0 Å². The number of para-hydroxylation sites is 1. The quantitative estimate of drug-likeness (QED) is 0.355. The molecule has 9 heteroatoms. The second-order valence-corrected chi connectivity index (χ2v) is 4.14. The topological polar surface area (TPSA) is 160 Å². The van der Waals surface area contributed by atoms with Crippen LogP contribution >= 0.6 is 0 Å². The van der Waals surface area contributed by atoms with Gasteiger partial charge in [0.1, 0.15) is 30.4 Å². The monoisotopic (exact) mass is 299 g/mol. The van der Waals surface area contributed by atoms with Crippen LogP contribution in [-0.4, -0.2) is 78.3 Å². The molecule has 2 aromatic rings. The molecule has 1 aromatic carbocycles. The largest absolute Gasteiger partial charge is 0.394 e. The number of aromatic nitrogens is 3. The van der Waals surface area contributed by atoms with E-state index in [9.17, 15) is 4.79 Å². The molecule has 0 bridgehead atoms. The minimum atomic E-state index is -1.86. The summed E-state index contributed by atoms with van der Waals surface area (Å²) in [6.07, 6.45) is -5.22. The van der Waals surface area contributed by atoms with Crippen LogP contribution in [0.15, 0.2) is 24.3 Å². The van der Waals surface area contributed by atoms with E-state index in [1.807, 2.05) is 24.3 Å². The number of carbonyl (C=O) groups excluding carboxylic acids is 1. The van der Waals surface area contributed by atoms with Crippen LogP contribution in [0.4, 0.5) is 0 Å². The van der Waals surface area contributed by atoms with Crippen LogP contribution in [0.5, 0.6) is 0 Å². The number of aliphatic hydroxyl groups is 5. The SMILES string of the molecule is O=C(CO)[C@H](O)[C@@H](O)[C@H](O)CO.c1ccc2[nH]nnc2c1. The molecule has 0 aliphatic rings. The van der Waals surface area contributed by atoms with Gasteiger partial charge in [-0.3, -0.25) is 9.89 Å². The molecular weight excluding hydrogens is 282 g/mol. The maximum Gasteiger partial charge on any atom is 0.189 e. The number of aromatic amines is 1. The predicted molar refractivity (Wildman–Crippen MR) is 71.1 cm³/mol. The first-order chi connectivity index (χ1) is 10.0. The maximum absolute atomic E-state index is 10.5. The standard InChI is InChI=1S/C6H5N3.C6H12O6/c1-2-4-6-5(3-1)7-9-8-6;7-1-3(9)5(11)6(12)4(10)2-8/h1-4H,(H,7,8,9);3,5-9,11-12H,1-2H2/t;3-,5+,6+/m.1/s1. The second kappa shape index (κ2) is 8.39. The highest BCUT2D eigenvalue weighted by molar-refractivity contribution is 5.84. The van der Waals surface area contributed by atoms with Gasteiger partial charge in [-0.15, -0.1) is 5.10 Å². The van der Waals surface area contributed by atoms with Gasteiger partial charge in [0.2, 0.25) is 0 Å². The minimum Gasteiger partial charge on any atom is -0.394 e. The Kier molecular flexibility index (Phi) is 6.85. The number of hydrogen-bond donors (Lipinski definition) is 6. The number of rotatable bonds is 5. The lowest BCUT2D eigenvalue weighted by atomic mass is 10.1. The fourth-order valence-corrected chi connectivity index (χ4v) is 1.39. The molecule has 0 radical (unpaired) electrons. The normalized spacial score (nSPS) is 14.9. The molecule has 6 N–H and O–H groups in total. The Morgan fingerprint density at radius 2 is 1.86 bits per heavy atom. The molecule has 116 valence electrons. The molecule has 0 unspecified atom stereocenters. The zero-order valence-corrected chi connectivity index (χ0v) is 11.0. The number of hydrogen-bond acceptors (Lipinski definition) is 8. The molecule has 0 saturated carbocycles. The molecule has 21 heavy (non-hydrogen) atoms. The van der Waals surface area contributed by atoms with Crippen LogP contribution in [0.3, 0.4) is 0 Å². The van der Waals surface area contributed by atoms with Gasteiger partial charge >= 0.3 is 0 Å². The van der Waals surface area contributed by atoms with Crippen molar-refractivity contribution in [2.24, 2.45) is 0 Å². The van der Waals surface area contributed by atoms with Gasteiger partial charge in [-0.25, -0.2) is 0 Å². The Morgan fingerprint density at radius 1 is 1.19 bits per heavy atom. The molecule has 2 rings (SSSR count). The lowest BCUT2D eigenvalue weighted by Gasteiger charge is -2.19. The first-order valence-electron chi connectivity index (χ1n) is 6.05. The van der Waals surface area contributed by atoms with Crippen LogP contribution < -0.4 is 0 Å². The Bertz CT molecular complexity index is 530. The van der Waals surface area contributed by atoms with Gasteiger partial charge in [0, 0.05) is 0 Å². The van der Waals surface area contributed by atoms with Crippen LogP contribution in [0.25, 0.3) is 11.0 Å². The highest BCUT2D eigenvalue weighted by Gasteiger charge is 2.28. The number of nitrogens with zero attached hydrogens (tertiary/aromatic N) is 2. The summed E-state index contributed by atoms with van der Waals surface area (Å²) < 4.78 is 0. The first-order valence-corrected chi connectivity index (χ1v) is 6.05. The summed E-state index contributed by atoms with van der Waals surface area (Å²) in [4.78, 5) is 10.5. The molecule has 0 aliphatic heterocycles. The van der Waals surface area contributed by atoms with E-state index >= 15 is 0 Å². The van der Waals surface area contributed by atoms with Crippen molar-refractivity contribution in [1.82, 2.24) is 15.4 Å². The minimum absolute atomic E-state index is 0.767. The van der Waals surface area contributed by atoms with Crippen molar-refractivity contribution in [3.05, 3.63) is 24.3 Å². The molecule has 0 amide bonds. The Hall–Kier alpha value is -1.91. The number of aliphatic hydroxyl groups excluding tert-OH is 5. The number of H-pyrrole nitrogens is 1. The number of Topliss-reactive ketones (excluding diaryl/α,β-unsaturated/α-hetero) is 1. The smallest absolute Gasteiger partial charge is 0.189 e. The second-order valence-electron chi connectivity index (χ2n) is 4.14. The van der Waals surface area contributed by atoms with Gasteiger partial charge in [0.05, 0.1) is 12.1 Å². The fourth-order valence-electron chi connectivity index (χ4n) is 1.39. The summed E-state index contributed by atoms with van der Waals surface area (Å²) in [5, 5.41) is 53.3. The fraction of sp³-hybridized carbons (Fsp3) is 0.417. The van der Waals surface area contributed by atoms with Gasteiger partial charge in [-0.2, -0.15) is 0 Å². The summed E-state index contributed by atoms with van der Waals surface area (Å²) in [7, 11) is 0. The summed E-state index contributed by atoms with van der Waals surface area (Å²) in [5.74, 6) is -1.00. The van der Waals surface area contributed by atoms with Crippen molar-refractivity contribution in [2.45, 2.75) is 18.3 Å². The average Bonchev–Trinajstić information content (AvgIpc) is 3.01. The molecule has 1 heterocycles. The summed E-state index contributed by atoms with van der Waals surface area (Å²) >= 11 is 0. The van der Waals surface area contributed by atoms with E-state index in [-0.39, 0.29) is 0 Å². The van der Waals surface area contributed by atoms with E-state index in [0.717, 1.165) is 11.0 Å². The molecule has 3 atom stereocenters. The number of benzene rings is 1. The highest BCUT2D eigenvalue weighted by atomic mass is 16.4. The Balaban J connectivity index is 0.000000216. The lowest BCUT2D eigenvalue weighted by Crippen LogP contribution is -2.44. The third-order valence-electron chi connectivity index (χ3n) is 2.62. The first kappa shape index (κ1) is 17.1. The predicted octanol–water partition coefficient (Wildman–Crippen LogP) is -2.42. The van der Waals surface area contributed by atoms with Gasteiger partial charge in [-0.1, -0.05) is 17.3 Å². The van der Waals surface area contributed by atoms with Crippen molar-refractivity contribution in [2.75, 3.05) is 13.2 Å². The number of nitrogens with one attached hydrogen (secondary N) is 1. The lowest BCUT2D eigenvalue weighted by molar-refractivity contribution is -0.142. The van der Waals surface area contributed by atoms with E-state index in [2.05, 4.69) is 15.4 Å². The zero-order chi connectivity index (χ0) is 15.8. The molecule has 1 aromatic heterocycles. The van der Waals surface area contributed by atoms with E-state index in [4.69, 9.17) is 25.5 Å². The van der Waals surface area contributed by atoms with E-state index in [0.29, 0.717) is 0 Å². The summed E-state index contributed by atoms with van der Waals surface area (Å²) in [5.41, 5.74) is 1.90. The third kappa shape index (κ3) is 4.85. The van der Waals surface area contributed by atoms with Crippen molar-refractivity contribution < 1.29 is 30.3 Å². The molecule has 9 nitrogen and oxygen atoms in total. The zero-order valence-electron chi connectivity index (χ0n) is 11.0. The molecule has 0 spiro atoms. The number of ketones is 1. The van der Waals surface area contributed by atoms with E-state index < -0.39 is 37.3 Å². The van der Waals surface area contributed by atoms with Crippen LogP contribution in [0, 0.1) is 0 Å². The summed E-state index contributed by atoms with van der Waals surface area (Å²) in [6.45, 7) is -1.69. The van der Waals surface area contributed by atoms with Crippen LogP contribution in [0.1, 0.15) is 0 Å². The summed E-state index contributed by atoms with van der Waals surface area (Å²) in [6, 6.07) is 7.74. The van der Waals surface area contributed by atoms with E-state index in [1.54, 1.807) is 0 Å². The van der Waals surface area contributed by atoms with Crippen molar-refractivity contribution in [3.8, 4) is 0 Å². The number of fused-ring (bicyclic) bond motifs is 1. The average molecular weight is 299 g/mol. The van der Waals surface area contributed by atoms with Gasteiger partial charge < -0.3 is 25.5 Å². The molecule has 0 aliphatic carbocycles. The number of carbonyl (C=O) groups is 1. The van der Waals surface area contributed by atoms with Crippen LogP contribution in [0.2, 0.25) is 0 Å². The van der Waals surface area contributed by atoms with Gasteiger partial charge in [0.25, 0.3) is 0 Å². The maximum atomic E-state index is 10.5.